The standard InChI is InChI=1S/C52H92IN2O11S/c1-20-42-50(9,57)28-27-40(54-65-39-25-23-21-22-24-26-39)32(2)30-52(11,59-16)47(64-49-46(66-67(17,18)19)41(55(13)14)29-33(3)60-49)35(5)45(36(6)48(56)62-42)63-43-31-51(10,58-15)44(38(8)61-43)34(4)37(7)53-12/h21-26,32-39,41-47,49,57H,20,27-31H2,1-19H3/q-1/b54-40-/t32-,33+,34?,35-,36+,37?,38?,41-,42?,43-,44-,45-,46+,47?,49-,50-,51+,52+/m0/s1. The molecule has 0 bridgehead atoms. The predicted octanol–water partition coefficient (Wildman–Crippen LogP) is 5.71. The van der Waals surface area contributed by atoms with Gasteiger partial charge in [0.1, 0.15) is 6.10 Å². The van der Waals surface area contributed by atoms with Gasteiger partial charge in [-0.2, -0.15) is 0 Å². The van der Waals surface area contributed by atoms with Gasteiger partial charge in [0.15, 0.2) is 6.10 Å². The molecule has 3 aliphatic heterocycles. The first-order valence-electron chi connectivity index (χ1n) is 24.6. The third-order valence-corrected chi connectivity index (χ3v) is 19.0. The zero-order valence-corrected chi connectivity index (χ0v) is 47.6. The molecule has 4 rings (SSSR count). The summed E-state index contributed by atoms with van der Waals surface area (Å²) in [4.78, 5) is 25.5. The molecule has 13 nitrogen and oxygen atoms in total. The number of alkyl halides is 2. The van der Waals surface area contributed by atoms with E-state index >= 15 is 0 Å². The second-order valence-corrected chi connectivity index (χ2v) is 28.4. The van der Waals surface area contributed by atoms with Crippen molar-refractivity contribution in [2.24, 2.45) is 34.7 Å². The molecule has 0 aromatic rings. The molecule has 0 radical (unpaired) electrons. The molecular weight excluding hydrogens is 988 g/mol. The molecule has 0 spiro atoms. The van der Waals surface area contributed by atoms with Crippen LogP contribution in [0.5, 0.6) is 0 Å². The number of cyclic esters (lactones) is 1. The van der Waals surface area contributed by atoms with E-state index in [-0.39, 0.29) is 63.8 Å². The molecule has 1 aliphatic carbocycles. The van der Waals surface area contributed by atoms with Crippen LogP contribution in [0, 0.1) is 29.6 Å². The molecule has 0 aromatic carbocycles. The summed E-state index contributed by atoms with van der Waals surface area (Å²) < 4.78 is 55.6. The summed E-state index contributed by atoms with van der Waals surface area (Å²) in [6, 6.07) is -0.00312. The number of allylic oxidation sites excluding steroid dienone is 4. The van der Waals surface area contributed by atoms with Gasteiger partial charge in [-0.25, -0.2) is 0 Å². The Morgan fingerprint density at radius 1 is 0.925 bits per heavy atom. The molecule has 0 saturated carbocycles. The Labute approximate surface area is 417 Å². The Hall–Kier alpha value is -1.12. The molecule has 3 fully saturated rings. The van der Waals surface area contributed by atoms with Crippen LogP contribution in [0.15, 0.2) is 41.6 Å². The molecule has 5 unspecified atom stereocenters. The number of hydrogen-bond acceptors (Lipinski definition) is 13. The van der Waals surface area contributed by atoms with Crippen molar-refractivity contribution < 1.29 is 73.3 Å². The number of ether oxygens (including phenoxy) is 7. The molecule has 3 heterocycles. The van der Waals surface area contributed by atoms with Crippen LogP contribution in [0.4, 0.5) is 0 Å². The first-order chi connectivity index (χ1) is 31.2. The van der Waals surface area contributed by atoms with Gasteiger partial charge in [0.25, 0.3) is 0 Å². The first kappa shape index (κ1) is 58.5. The normalized spacial score (nSPS) is 41.7. The van der Waals surface area contributed by atoms with Crippen molar-refractivity contribution in [3.63, 3.8) is 0 Å². The second-order valence-electron chi connectivity index (χ2n) is 21.6. The fourth-order valence-corrected chi connectivity index (χ4v) is 13.4. The average Bonchev–Trinajstić information content (AvgIpc) is 3.54. The van der Waals surface area contributed by atoms with Crippen molar-refractivity contribution in [1.29, 1.82) is 0 Å². The van der Waals surface area contributed by atoms with Crippen molar-refractivity contribution in [2.75, 3.05) is 52.0 Å². The second kappa shape index (κ2) is 25.0. The van der Waals surface area contributed by atoms with E-state index in [1.807, 2.05) is 50.3 Å². The number of halogens is 1. The van der Waals surface area contributed by atoms with Crippen LogP contribution in [0.25, 0.3) is 0 Å². The fourth-order valence-electron chi connectivity index (χ4n) is 10.9. The smallest absolute Gasteiger partial charge is 0.386 e. The Morgan fingerprint density at radius 3 is 2.10 bits per heavy atom. The average molecular weight is 1080 g/mol. The van der Waals surface area contributed by atoms with Gasteiger partial charge in [-0.3, -0.25) is 0 Å². The summed E-state index contributed by atoms with van der Waals surface area (Å²) in [5.41, 5.74) is -2.24. The third-order valence-electron chi connectivity index (χ3n) is 15.1. The van der Waals surface area contributed by atoms with E-state index in [4.69, 9.17) is 47.3 Å². The van der Waals surface area contributed by atoms with Crippen molar-refractivity contribution in [3.8, 4) is 0 Å². The van der Waals surface area contributed by atoms with Crippen molar-refractivity contribution >= 4 is 22.0 Å². The number of carbonyl (C=O) groups excluding carboxylic acids is 1. The maximum absolute atomic E-state index is 14.8. The number of likely N-dealkylation sites (N-methyl/N-ethyl adjacent to an activating group) is 1. The van der Waals surface area contributed by atoms with Gasteiger partial charge < -0.3 is 23.8 Å². The fraction of sp³-hybridized carbons (Fsp3) is 0.846. The van der Waals surface area contributed by atoms with Gasteiger partial charge in [0.2, 0.25) is 0 Å². The summed E-state index contributed by atoms with van der Waals surface area (Å²) in [6.07, 6.45) is 15.7. The van der Waals surface area contributed by atoms with Gasteiger partial charge in [-0.15, -0.1) is 10.3 Å². The summed E-state index contributed by atoms with van der Waals surface area (Å²) in [5, 5.41) is 17.0. The van der Waals surface area contributed by atoms with Crippen LogP contribution >= 0.6 is 10.3 Å². The molecule has 0 amide bonds. The van der Waals surface area contributed by atoms with Crippen molar-refractivity contribution in [3.05, 3.63) is 36.5 Å². The van der Waals surface area contributed by atoms with E-state index < -0.39 is 81.9 Å². The molecule has 0 aromatic heterocycles. The number of esters is 1. The number of carbonyl (C=O) groups is 1. The Bertz CT molecular complexity index is 1670. The van der Waals surface area contributed by atoms with E-state index in [9.17, 15) is 9.90 Å². The summed E-state index contributed by atoms with van der Waals surface area (Å²) in [6.45, 7) is 22.8. The predicted molar refractivity (Wildman–Crippen MR) is 266 cm³/mol. The Kier molecular flexibility index (Phi) is 21.8. The van der Waals surface area contributed by atoms with E-state index in [2.05, 4.69) is 98.1 Å². The summed E-state index contributed by atoms with van der Waals surface area (Å²) in [5.74, 6) is -1.57. The van der Waals surface area contributed by atoms with Crippen LogP contribution in [0.3, 0.4) is 0 Å². The number of hydrogen-bond donors (Lipinski definition) is 1. The van der Waals surface area contributed by atoms with Gasteiger partial charge >= 0.3 is 210 Å². The SMILES string of the molecule is CCC1OC(=O)[C@H](C)[C@@H](O[C@H]2C[C@@](C)(OC)[C@@H](C(C)C(C)[I-]C)C(C)O2)[C@H](C)C(O[C@@H]2O[C@H](C)C[C@H](N(C)C)[C@H]2OS(C)(C)C)[C@](C)(OC)C[C@H](C)/C(=N\OC2C=CC=CC=C2)CC[C@]1(C)O. The number of methoxy groups -OCH3 is 2. The Morgan fingerprint density at radius 2 is 1.55 bits per heavy atom. The van der Waals surface area contributed by atoms with Crippen molar-refractivity contribution in [1.82, 2.24) is 4.90 Å². The minimum Gasteiger partial charge on any atom is -0.386 e. The van der Waals surface area contributed by atoms with Crippen LogP contribution < -0.4 is 21.2 Å². The van der Waals surface area contributed by atoms with Crippen LogP contribution in [0.2, 0.25) is 0 Å². The van der Waals surface area contributed by atoms with Crippen LogP contribution in [-0.4, -0.2) is 156 Å². The summed E-state index contributed by atoms with van der Waals surface area (Å²) >= 11 is -0.00253. The van der Waals surface area contributed by atoms with Crippen LogP contribution in [0.1, 0.15) is 115 Å². The van der Waals surface area contributed by atoms with E-state index in [1.54, 1.807) is 21.1 Å². The number of oxime groups is 1. The zero-order chi connectivity index (χ0) is 50.2. The molecule has 67 heavy (non-hydrogen) atoms. The molecule has 3 saturated heterocycles. The molecule has 390 valence electrons. The number of aliphatic hydroxyl groups is 1. The van der Waals surface area contributed by atoms with E-state index in [0.29, 0.717) is 35.5 Å². The quantitative estimate of drug-likeness (QED) is 0.0933. The number of nitrogens with zero attached hydrogens (tertiary/aromatic N) is 2. The van der Waals surface area contributed by atoms with E-state index in [0.717, 1.165) is 12.1 Å². The molecule has 1 N–H and O–H groups in total. The first-order valence-corrected chi connectivity index (χ1v) is 30.8. The van der Waals surface area contributed by atoms with Gasteiger partial charge in [-0.1, -0.05) is 43.3 Å². The van der Waals surface area contributed by atoms with Gasteiger partial charge in [-0.05, 0) is 84.5 Å². The van der Waals surface area contributed by atoms with Crippen molar-refractivity contribution in [2.45, 2.75) is 197 Å². The molecule has 18 atom stereocenters. The minimum absolute atomic E-state index is 0.00253. The van der Waals surface area contributed by atoms with Crippen LogP contribution in [-0.2, 0) is 47.0 Å². The van der Waals surface area contributed by atoms with Gasteiger partial charge in [0.05, 0.1) is 17.4 Å². The molecular formula is C52H92IN2O11S-. The Balaban J connectivity index is 1.92. The summed E-state index contributed by atoms with van der Waals surface area (Å²) in [7, 11) is 6.15. The van der Waals surface area contributed by atoms with E-state index in [1.165, 1.54) is 0 Å². The monoisotopic (exact) mass is 1080 g/mol. The molecule has 15 heteroatoms. The van der Waals surface area contributed by atoms with Gasteiger partial charge in [0, 0.05) is 19.1 Å². The maximum atomic E-state index is 14.8. The topological polar surface area (TPSA) is 136 Å². The number of rotatable bonds is 15. The zero-order valence-electron chi connectivity index (χ0n) is 44.7. The third kappa shape index (κ3) is 15.2. The molecule has 4 aliphatic rings. The minimum atomic E-state index is -1.50.